The van der Waals surface area contributed by atoms with Crippen LogP contribution in [0.1, 0.15) is 37.5 Å². The Labute approximate surface area is 249 Å². The third-order valence-electron chi connectivity index (χ3n) is 6.23. The van der Waals surface area contributed by atoms with E-state index in [1.165, 1.54) is 46.4 Å². The van der Waals surface area contributed by atoms with Gasteiger partial charge in [-0.25, -0.2) is 4.98 Å². The molecule has 9 nitrogen and oxygen atoms in total. The minimum atomic E-state index is -0.987. The summed E-state index contributed by atoms with van der Waals surface area (Å²) in [5.41, 5.74) is 2.12. The summed E-state index contributed by atoms with van der Waals surface area (Å²) in [7, 11) is 1.50. The van der Waals surface area contributed by atoms with Crippen LogP contribution in [0.2, 0.25) is 0 Å². The highest BCUT2D eigenvalue weighted by atomic mass is 32.2. The van der Waals surface area contributed by atoms with Gasteiger partial charge in [-0.05, 0) is 37.1 Å². The number of thiazole rings is 1. The van der Waals surface area contributed by atoms with E-state index >= 15 is 0 Å². The highest BCUT2D eigenvalue weighted by Gasteiger charge is 2.47. The second kappa shape index (κ2) is 12.2. The van der Waals surface area contributed by atoms with Crippen LogP contribution in [0.5, 0.6) is 11.5 Å². The summed E-state index contributed by atoms with van der Waals surface area (Å²) in [5, 5.41) is 20.7. The number of benzene rings is 2. The highest BCUT2D eigenvalue weighted by Crippen LogP contribution is 2.46. The fraction of sp³-hybridized carbons (Fsp3) is 0.207. The molecular weight excluding hydrogens is 581 g/mol. The number of aliphatic hydroxyl groups excluding tert-OH is 1. The monoisotopic (exact) mass is 606 g/mol. The molecule has 3 heterocycles. The van der Waals surface area contributed by atoms with Crippen LogP contribution in [-0.2, 0) is 10.5 Å². The number of thioether (sulfide) groups is 1. The predicted octanol–water partition coefficient (Wildman–Crippen LogP) is 6.26. The SMILES string of the molecule is C=CCOc1ccc(C2C(C(=O)c3sc(C)nc3C)=C(O)C(=O)N2c2nnc(SCc3ccccc3)s2)cc1OC. The molecule has 4 aromatic rings. The lowest BCUT2D eigenvalue weighted by molar-refractivity contribution is -0.117. The lowest BCUT2D eigenvalue weighted by Crippen LogP contribution is -2.31. The Kier molecular flexibility index (Phi) is 8.52. The van der Waals surface area contributed by atoms with Crippen molar-refractivity contribution in [2.45, 2.75) is 30.0 Å². The van der Waals surface area contributed by atoms with E-state index in [9.17, 15) is 14.7 Å². The second-order valence-electron chi connectivity index (χ2n) is 8.95. The Morgan fingerprint density at radius 2 is 1.93 bits per heavy atom. The maximum Gasteiger partial charge on any atom is 0.296 e. The zero-order valence-electron chi connectivity index (χ0n) is 22.5. The number of Topliss-reactive ketones (excluding diaryl/α,β-unsaturated/α-hetero) is 1. The number of carbonyl (C=O) groups is 2. The van der Waals surface area contributed by atoms with E-state index in [1.807, 2.05) is 30.3 Å². The van der Waals surface area contributed by atoms with Gasteiger partial charge >= 0.3 is 0 Å². The van der Waals surface area contributed by atoms with Gasteiger partial charge in [0.1, 0.15) is 6.61 Å². The molecule has 210 valence electrons. The highest BCUT2D eigenvalue weighted by molar-refractivity contribution is 8.00. The molecule has 1 unspecified atom stereocenters. The molecule has 0 fully saturated rings. The number of aromatic nitrogens is 3. The van der Waals surface area contributed by atoms with E-state index in [1.54, 1.807) is 38.1 Å². The van der Waals surface area contributed by atoms with Gasteiger partial charge in [0.15, 0.2) is 21.6 Å². The van der Waals surface area contributed by atoms with Crippen LogP contribution < -0.4 is 14.4 Å². The molecule has 0 saturated heterocycles. The first-order chi connectivity index (χ1) is 19.8. The first kappa shape index (κ1) is 28.5. The molecule has 12 heteroatoms. The summed E-state index contributed by atoms with van der Waals surface area (Å²) in [4.78, 5) is 33.5. The van der Waals surface area contributed by atoms with Crippen molar-refractivity contribution in [3.63, 3.8) is 0 Å². The van der Waals surface area contributed by atoms with Gasteiger partial charge in [-0.15, -0.1) is 21.5 Å². The molecule has 1 aliphatic heterocycles. The standard InChI is InChI=1S/C29H26N4O5S3/c1-5-13-38-20-12-11-19(14-21(20)37-4)23-22(24(34)26-16(2)30-17(3)40-26)25(35)27(36)33(23)28-31-32-29(41-28)39-15-18-9-7-6-8-10-18/h5-12,14,23,35H,1,13,15H2,2-4H3. The van der Waals surface area contributed by atoms with Crippen LogP contribution >= 0.6 is 34.4 Å². The molecule has 0 spiro atoms. The number of aliphatic hydroxyl groups is 1. The molecule has 2 aromatic heterocycles. The van der Waals surface area contributed by atoms with Crippen molar-refractivity contribution in [3.05, 3.63) is 99.2 Å². The first-order valence-corrected chi connectivity index (χ1v) is 15.1. The van der Waals surface area contributed by atoms with Gasteiger partial charge in [0.2, 0.25) is 10.9 Å². The molecular formula is C29H26N4O5S3. The normalized spacial score (nSPS) is 15.0. The number of amides is 1. The smallest absolute Gasteiger partial charge is 0.296 e. The number of carbonyl (C=O) groups excluding carboxylic acids is 2. The Morgan fingerprint density at radius 3 is 2.61 bits per heavy atom. The maximum absolute atomic E-state index is 13.9. The molecule has 1 N–H and O–H groups in total. The van der Waals surface area contributed by atoms with Crippen molar-refractivity contribution in [2.75, 3.05) is 18.6 Å². The molecule has 0 radical (unpaired) electrons. The fourth-order valence-corrected chi connectivity index (χ4v) is 7.11. The van der Waals surface area contributed by atoms with Crippen LogP contribution in [0.25, 0.3) is 0 Å². The molecule has 0 saturated carbocycles. The van der Waals surface area contributed by atoms with Crippen molar-refractivity contribution in [1.29, 1.82) is 0 Å². The average Bonchev–Trinajstić information content (AvgIpc) is 3.66. The van der Waals surface area contributed by atoms with Crippen molar-refractivity contribution < 1.29 is 24.2 Å². The topological polar surface area (TPSA) is 115 Å². The zero-order valence-corrected chi connectivity index (χ0v) is 24.9. The summed E-state index contributed by atoms with van der Waals surface area (Å²) in [5.74, 6) is -0.300. The molecule has 0 aliphatic carbocycles. The van der Waals surface area contributed by atoms with Gasteiger partial charge in [-0.1, -0.05) is 72.2 Å². The Morgan fingerprint density at radius 1 is 1.15 bits per heavy atom. The number of ether oxygens (including phenoxy) is 2. The number of anilines is 1. The van der Waals surface area contributed by atoms with E-state index in [0.29, 0.717) is 42.7 Å². The molecule has 1 aliphatic rings. The Bertz CT molecular complexity index is 1650. The number of nitrogens with zero attached hydrogens (tertiary/aromatic N) is 4. The lowest BCUT2D eigenvalue weighted by Gasteiger charge is -2.24. The zero-order chi connectivity index (χ0) is 29.1. The summed E-state index contributed by atoms with van der Waals surface area (Å²) < 4.78 is 11.9. The van der Waals surface area contributed by atoms with Crippen molar-refractivity contribution in [3.8, 4) is 11.5 Å². The van der Waals surface area contributed by atoms with E-state index in [0.717, 1.165) is 5.56 Å². The van der Waals surface area contributed by atoms with Crippen LogP contribution in [-0.4, -0.2) is 45.7 Å². The number of methoxy groups -OCH3 is 1. The number of hydrogen-bond acceptors (Lipinski definition) is 11. The Hall–Kier alpha value is -4.00. The van der Waals surface area contributed by atoms with Gasteiger partial charge in [0, 0.05) is 5.75 Å². The molecule has 2 aromatic carbocycles. The van der Waals surface area contributed by atoms with Crippen LogP contribution in [0, 0.1) is 13.8 Å². The Balaban J connectivity index is 1.56. The quantitative estimate of drug-likeness (QED) is 0.0914. The van der Waals surface area contributed by atoms with Gasteiger partial charge in [0.05, 0.1) is 34.3 Å². The predicted molar refractivity (Wildman–Crippen MR) is 160 cm³/mol. The summed E-state index contributed by atoms with van der Waals surface area (Å²) in [6.45, 7) is 7.47. The molecule has 1 atom stereocenters. The molecule has 0 bridgehead atoms. The third-order valence-corrected chi connectivity index (χ3v) is 9.43. The third kappa shape index (κ3) is 5.76. The molecule has 5 rings (SSSR count). The van der Waals surface area contributed by atoms with E-state index in [2.05, 4.69) is 21.8 Å². The van der Waals surface area contributed by atoms with E-state index < -0.39 is 23.5 Å². The summed E-state index contributed by atoms with van der Waals surface area (Å²) in [6.07, 6.45) is 1.62. The first-order valence-electron chi connectivity index (χ1n) is 12.5. The number of rotatable bonds is 11. The van der Waals surface area contributed by atoms with E-state index in [4.69, 9.17) is 9.47 Å². The minimum Gasteiger partial charge on any atom is -0.503 e. The molecule has 41 heavy (non-hydrogen) atoms. The van der Waals surface area contributed by atoms with Crippen molar-refractivity contribution >= 4 is 51.3 Å². The molecule has 1 amide bonds. The number of aryl methyl sites for hydroxylation is 2. The van der Waals surface area contributed by atoms with Crippen LogP contribution in [0.3, 0.4) is 0 Å². The second-order valence-corrected chi connectivity index (χ2v) is 12.3. The number of ketones is 1. The minimum absolute atomic E-state index is 0.0581. The average molecular weight is 607 g/mol. The lowest BCUT2D eigenvalue weighted by atomic mass is 9.95. The van der Waals surface area contributed by atoms with Crippen molar-refractivity contribution in [1.82, 2.24) is 15.2 Å². The van der Waals surface area contributed by atoms with Crippen LogP contribution in [0.15, 0.2) is 76.9 Å². The summed E-state index contributed by atoms with van der Waals surface area (Å²) >= 11 is 3.92. The van der Waals surface area contributed by atoms with Gasteiger partial charge in [-0.2, -0.15) is 0 Å². The van der Waals surface area contributed by atoms with Gasteiger partial charge < -0.3 is 14.6 Å². The van der Waals surface area contributed by atoms with Crippen molar-refractivity contribution in [2.24, 2.45) is 0 Å². The fourth-order valence-electron chi connectivity index (χ4n) is 4.41. The number of hydrogen-bond donors (Lipinski definition) is 1. The van der Waals surface area contributed by atoms with Gasteiger partial charge in [0.25, 0.3) is 5.91 Å². The van der Waals surface area contributed by atoms with Crippen LogP contribution in [0.4, 0.5) is 5.13 Å². The van der Waals surface area contributed by atoms with E-state index in [-0.39, 0.29) is 17.3 Å². The van der Waals surface area contributed by atoms with Gasteiger partial charge in [-0.3, -0.25) is 14.5 Å². The largest absolute Gasteiger partial charge is 0.503 e. The maximum atomic E-state index is 13.9. The summed E-state index contributed by atoms with van der Waals surface area (Å²) in [6, 6.07) is 14.1.